The Morgan fingerprint density at radius 3 is 2.36 bits per heavy atom. The Morgan fingerprint density at radius 1 is 1.27 bits per heavy atom. The first-order chi connectivity index (χ1) is 5.16. The lowest BCUT2D eigenvalue weighted by molar-refractivity contribution is 0.291. The van der Waals surface area contributed by atoms with Crippen molar-refractivity contribution >= 4 is 12.6 Å². The van der Waals surface area contributed by atoms with Gasteiger partial charge < -0.3 is 4.90 Å². The third kappa shape index (κ3) is 8.21. The van der Waals surface area contributed by atoms with Crippen LogP contribution in [0.3, 0.4) is 0 Å². The van der Waals surface area contributed by atoms with Crippen LogP contribution >= 0.6 is 12.6 Å². The minimum absolute atomic E-state index is 0.788. The van der Waals surface area contributed by atoms with E-state index in [9.17, 15) is 0 Å². The van der Waals surface area contributed by atoms with Gasteiger partial charge in [-0.05, 0) is 38.1 Å². The van der Waals surface area contributed by atoms with Crippen LogP contribution in [-0.4, -0.2) is 30.8 Å². The van der Waals surface area contributed by atoms with Crippen LogP contribution < -0.4 is 0 Å². The molecule has 11 heavy (non-hydrogen) atoms. The fraction of sp³-hybridized carbons (Fsp3) is 1.00. The van der Waals surface area contributed by atoms with Crippen molar-refractivity contribution in [2.24, 2.45) is 5.92 Å². The first-order valence-corrected chi connectivity index (χ1v) is 5.09. The zero-order valence-corrected chi connectivity index (χ0v) is 8.90. The highest BCUT2D eigenvalue weighted by Gasteiger charge is 1.99. The molecule has 0 atom stereocenters. The van der Waals surface area contributed by atoms with Gasteiger partial charge in [0.1, 0.15) is 0 Å². The topological polar surface area (TPSA) is 3.24 Å². The van der Waals surface area contributed by atoms with E-state index in [0.717, 1.165) is 11.7 Å². The van der Waals surface area contributed by atoms with Gasteiger partial charge in [-0.1, -0.05) is 13.8 Å². The summed E-state index contributed by atoms with van der Waals surface area (Å²) >= 11 is 4.17. The van der Waals surface area contributed by atoms with E-state index in [1.807, 2.05) is 0 Å². The molecule has 68 valence electrons. The molecule has 0 heterocycles. The molecular weight excluding hydrogens is 154 g/mol. The van der Waals surface area contributed by atoms with Crippen molar-refractivity contribution in [2.45, 2.75) is 26.7 Å². The van der Waals surface area contributed by atoms with E-state index in [2.05, 4.69) is 38.4 Å². The van der Waals surface area contributed by atoms with Gasteiger partial charge in [0.2, 0.25) is 0 Å². The van der Waals surface area contributed by atoms with Crippen LogP contribution in [0.1, 0.15) is 26.7 Å². The quantitative estimate of drug-likeness (QED) is 0.479. The monoisotopic (exact) mass is 175 g/mol. The molecule has 0 aromatic carbocycles. The standard InChI is InChI=1S/C9H21NS/c1-9(2)8-10(3)6-4-5-7-11/h9,11H,4-8H2,1-3H3. The van der Waals surface area contributed by atoms with Crippen LogP contribution in [0, 0.1) is 5.92 Å². The molecule has 0 aliphatic heterocycles. The number of thiol groups is 1. The predicted octanol–water partition coefficient (Wildman–Crippen LogP) is 2.28. The van der Waals surface area contributed by atoms with E-state index in [1.165, 1.54) is 25.9 Å². The van der Waals surface area contributed by atoms with Gasteiger partial charge in [0.25, 0.3) is 0 Å². The smallest absolute Gasteiger partial charge is 0.000133 e. The second-order valence-electron chi connectivity index (χ2n) is 3.59. The van der Waals surface area contributed by atoms with E-state index >= 15 is 0 Å². The SMILES string of the molecule is CC(C)CN(C)CCCCS. The van der Waals surface area contributed by atoms with Crippen LogP contribution in [-0.2, 0) is 0 Å². The summed E-state index contributed by atoms with van der Waals surface area (Å²) in [6.07, 6.45) is 2.53. The number of rotatable bonds is 6. The average Bonchev–Trinajstić information content (AvgIpc) is 1.86. The lowest BCUT2D eigenvalue weighted by Crippen LogP contribution is -2.24. The minimum atomic E-state index is 0.788. The molecule has 0 bridgehead atoms. The Morgan fingerprint density at radius 2 is 1.91 bits per heavy atom. The van der Waals surface area contributed by atoms with Crippen molar-refractivity contribution in [1.29, 1.82) is 0 Å². The van der Waals surface area contributed by atoms with Gasteiger partial charge in [-0.2, -0.15) is 12.6 Å². The third-order valence-corrected chi connectivity index (χ3v) is 1.94. The van der Waals surface area contributed by atoms with Gasteiger partial charge in [0.15, 0.2) is 0 Å². The van der Waals surface area contributed by atoms with Crippen LogP contribution in [0.2, 0.25) is 0 Å². The Kier molecular flexibility index (Phi) is 7.18. The highest BCUT2D eigenvalue weighted by molar-refractivity contribution is 7.80. The maximum Gasteiger partial charge on any atom is 0.000133 e. The van der Waals surface area contributed by atoms with Gasteiger partial charge in [0.05, 0.1) is 0 Å². The Hall–Kier alpha value is 0.310. The maximum absolute atomic E-state index is 4.17. The van der Waals surface area contributed by atoms with E-state index in [-0.39, 0.29) is 0 Å². The fourth-order valence-electron chi connectivity index (χ4n) is 1.21. The Bertz CT molecular complexity index is 83.6. The molecule has 0 spiro atoms. The summed E-state index contributed by atoms with van der Waals surface area (Å²) in [5, 5.41) is 0. The fourth-order valence-corrected chi connectivity index (χ4v) is 1.43. The molecule has 0 aliphatic carbocycles. The maximum atomic E-state index is 4.17. The van der Waals surface area contributed by atoms with Gasteiger partial charge in [-0.3, -0.25) is 0 Å². The molecule has 2 heteroatoms. The van der Waals surface area contributed by atoms with Crippen LogP contribution in [0.15, 0.2) is 0 Å². The molecule has 0 rings (SSSR count). The van der Waals surface area contributed by atoms with Crippen molar-refractivity contribution in [3.63, 3.8) is 0 Å². The summed E-state index contributed by atoms with van der Waals surface area (Å²) in [6, 6.07) is 0. The van der Waals surface area contributed by atoms with E-state index < -0.39 is 0 Å². The Balaban J connectivity index is 3.15. The number of hydrogen-bond donors (Lipinski definition) is 1. The van der Waals surface area contributed by atoms with Crippen molar-refractivity contribution in [2.75, 3.05) is 25.9 Å². The molecule has 0 aromatic heterocycles. The van der Waals surface area contributed by atoms with E-state index in [1.54, 1.807) is 0 Å². The minimum Gasteiger partial charge on any atom is -0.306 e. The highest BCUT2D eigenvalue weighted by atomic mass is 32.1. The molecular formula is C9H21NS. The molecule has 0 amide bonds. The van der Waals surface area contributed by atoms with E-state index in [4.69, 9.17) is 0 Å². The summed E-state index contributed by atoms with van der Waals surface area (Å²) in [6.45, 7) is 6.95. The van der Waals surface area contributed by atoms with Crippen molar-refractivity contribution in [1.82, 2.24) is 4.90 Å². The van der Waals surface area contributed by atoms with Crippen molar-refractivity contribution in [3.8, 4) is 0 Å². The first kappa shape index (κ1) is 11.3. The average molecular weight is 175 g/mol. The largest absolute Gasteiger partial charge is 0.306 e. The van der Waals surface area contributed by atoms with E-state index in [0.29, 0.717) is 0 Å². The van der Waals surface area contributed by atoms with Gasteiger partial charge in [-0.25, -0.2) is 0 Å². The molecule has 0 aliphatic rings. The van der Waals surface area contributed by atoms with Crippen LogP contribution in [0.5, 0.6) is 0 Å². The number of unbranched alkanes of at least 4 members (excludes halogenated alkanes) is 1. The van der Waals surface area contributed by atoms with Crippen molar-refractivity contribution < 1.29 is 0 Å². The molecule has 0 unspecified atom stereocenters. The molecule has 0 saturated heterocycles. The third-order valence-electron chi connectivity index (χ3n) is 1.62. The molecule has 0 fully saturated rings. The summed E-state index contributed by atoms with van der Waals surface area (Å²) in [5.74, 6) is 1.81. The summed E-state index contributed by atoms with van der Waals surface area (Å²) in [4.78, 5) is 2.40. The summed E-state index contributed by atoms with van der Waals surface area (Å²) in [5.41, 5.74) is 0. The Labute approximate surface area is 76.6 Å². The summed E-state index contributed by atoms with van der Waals surface area (Å²) in [7, 11) is 2.19. The number of hydrogen-bond acceptors (Lipinski definition) is 2. The van der Waals surface area contributed by atoms with Crippen molar-refractivity contribution in [3.05, 3.63) is 0 Å². The van der Waals surface area contributed by atoms with Gasteiger partial charge in [-0.15, -0.1) is 0 Å². The highest BCUT2D eigenvalue weighted by Crippen LogP contribution is 1.98. The van der Waals surface area contributed by atoms with Crippen LogP contribution in [0.4, 0.5) is 0 Å². The van der Waals surface area contributed by atoms with Gasteiger partial charge >= 0.3 is 0 Å². The second-order valence-corrected chi connectivity index (χ2v) is 4.03. The lowest BCUT2D eigenvalue weighted by atomic mass is 10.2. The normalized spacial score (nSPS) is 11.5. The molecule has 0 saturated carbocycles. The zero-order valence-electron chi connectivity index (χ0n) is 8.01. The lowest BCUT2D eigenvalue weighted by Gasteiger charge is -2.18. The molecule has 0 N–H and O–H groups in total. The summed E-state index contributed by atoms with van der Waals surface area (Å²) < 4.78 is 0. The first-order valence-electron chi connectivity index (χ1n) is 4.46. The molecule has 0 aromatic rings. The van der Waals surface area contributed by atoms with Crippen LogP contribution in [0.25, 0.3) is 0 Å². The molecule has 1 nitrogen and oxygen atoms in total. The second kappa shape index (κ2) is 6.99. The predicted molar refractivity (Wildman–Crippen MR) is 55.4 cm³/mol. The molecule has 0 radical (unpaired) electrons. The zero-order chi connectivity index (χ0) is 8.69. The van der Waals surface area contributed by atoms with Gasteiger partial charge in [0, 0.05) is 6.54 Å². The number of nitrogens with zero attached hydrogens (tertiary/aromatic N) is 1.